The highest BCUT2D eigenvalue weighted by molar-refractivity contribution is 5.90. The van der Waals surface area contributed by atoms with E-state index in [2.05, 4.69) is 34.5 Å². The lowest BCUT2D eigenvalue weighted by Gasteiger charge is -2.41. The Hall–Kier alpha value is -1.21. The van der Waals surface area contributed by atoms with Crippen LogP contribution >= 0.6 is 24.8 Å². The fraction of sp³-hybridized carbons (Fsp3) is 0.696. The van der Waals surface area contributed by atoms with Gasteiger partial charge in [0.2, 0.25) is 5.91 Å². The van der Waals surface area contributed by atoms with Crippen molar-refractivity contribution in [2.45, 2.75) is 37.6 Å². The van der Waals surface area contributed by atoms with Crippen LogP contribution in [0.25, 0.3) is 0 Å². The largest absolute Gasteiger partial charge is 0.497 e. The predicted octanol–water partition coefficient (Wildman–Crippen LogP) is 3.26. The predicted molar refractivity (Wildman–Crippen MR) is 131 cm³/mol. The summed E-state index contributed by atoms with van der Waals surface area (Å²) in [6.45, 7) is 4.82. The minimum absolute atomic E-state index is 0. The summed E-state index contributed by atoms with van der Waals surface area (Å²) in [7, 11) is 5.96. The fourth-order valence-electron chi connectivity index (χ4n) is 5.83. The Kier molecular flexibility index (Phi) is 8.91. The van der Waals surface area contributed by atoms with E-state index in [1.807, 2.05) is 24.3 Å². The molecule has 4 rings (SSSR count). The number of fused-ring (bicyclic) bond motifs is 1. The molecule has 2 heterocycles. The molecule has 2 saturated heterocycles. The van der Waals surface area contributed by atoms with Crippen molar-refractivity contribution in [2.24, 2.45) is 11.3 Å². The topological polar surface area (TPSA) is 56.8 Å². The van der Waals surface area contributed by atoms with Crippen molar-refractivity contribution in [1.29, 1.82) is 0 Å². The minimum atomic E-state index is -0.474. The molecule has 0 spiro atoms. The first-order valence-electron chi connectivity index (χ1n) is 11.0. The van der Waals surface area contributed by atoms with Crippen LogP contribution < -0.4 is 15.4 Å². The van der Waals surface area contributed by atoms with Crippen molar-refractivity contribution >= 4 is 36.4 Å². The van der Waals surface area contributed by atoms with Crippen LogP contribution in [-0.4, -0.2) is 75.2 Å². The molecule has 0 bridgehead atoms. The van der Waals surface area contributed by atoms with Crippen molar-refractivity contribution in [3.63, 3.8) is 0 Å². The molecule has 0 aromatic heterocycles. The van der Waals surface area contributed by atoms with Crippen molar-refractivity contribution < 1.29 is 9.53 Å². The lowest BCUT2D eigenvalue weighted by Crippen LogP contribution is -2.55. The molecule has 1 aliphatic carbocycles. The first-order chi connectivity index (χ1) is 14.0. The maximum atomic E-state index is 13.9. The number of ether oxygens (including phenoxy) is 1. The van der Waals surface area contributed by atoms with Gasteiger partial charge in [-0.05, 0) is 57.1 Å². The second-order valence-corrected chi connectivity index (χ2v) is 9.61. The first-order valence-corrected chi connectivity index (χ1v) is 11.0. The average Bonchev–Trinajstić information content (AvgIpc) is 3.24. The molecular weight excluding hydrogens is 435 g/mol. The minimum Gasteiger partial charge on any atom is -0.497 e. The summed E-state index contributed by atoms with van der Waals surface area (Å²) in [5, 5.41) is 7.25. The van der Waals surface area contributed by atoms with Gasteiger partial charge in [0.05, 0.1) is 7.11 Å². The van der Waals surface area contributed by atoms with Crippen molar-refractivity contribution in [2.75, 3.05) is 59.2 Å². The summed E-state index contributed by atoms with van der Waals surface area (Å²) in [6.07, 6.45) is 5.26. The quantitative estimate of drug-likeness (QED) is 0.665. The van der Waals surface area contributed by atoms with Gasteiger partial charge >= 0.3 is 0 Å². The molecule has 0 radical (unpaired) electrons. The normalized spacial score (nSPS) is 26.6. The van der Waals surface area contributed by atoms with E-state index in [0.717, 1.165) is 69.8 Å². The number of amides is 1. The van der Waals surface area contributed by atoms with E-state index < -0.39 is 5.54 Å². The van der Waals surface area contributed by atoms with E-state index in [9.17, 15) is 4.79 Å². The van der Waals surface area contributed by atoms with Crippen molar-refractivity contribution in [3.05, 3.63) is 24.3 Å². The molecule has 31 heavy (non-hydrogen) atoms. The van der Waals surface area contributed by atoms with E-state index in [-0.39, 0.29) is 30.2 Å². The summed E-state index contributed by atoms with van der Waals surface area (Å²) < 4.78 is 5.29. The maximum absolute atomic E-state index is 13.9. The lowest BCUT2D eigenvalue weighted by molar-refractivity contribution is -0.136. The molecule has 2 aliphatic heterocycles. The number of benzene rings is 1. The van der Waals surface area contributed by atoms with Gasteiger partial charge in [-0.2, -0.15) is 0 Å². The highest BCUT2D eigenvalue weighted by Crippen LogP contribution is 2.42. The third-order valence-corrected chi connectivity index (χ3v) is 7.19. The summed E-state index contributed by atoms with van der Waals surface area (Å²) in [5.41, 5.74) is 0.720. The molecule has 3 aliphatic rings. The second-order valence-electron chi connectivity index (χ2n) is 9.61. The van der Waals surface area contributed by atoms with Gasteiger partial charge in [-0.25, -0.2) is 0 Å². The molecule has 1 amide bonds. The van der Waals surface area contributed by atoms with Crippen molar-refractivity contribution in [3.8, 4) is 5.75 Å². The standard InChI is InChI=1S/C23H36N4O2.2ClH/c1-26(2)16-22-15-24-13-18(22)14-27(17-22)21(28)23(11-5-4-6-12-23)25-19-7-9-20(29-3)10-8-19;;/h7-10,18,24-25H,4-6,11-17H2,1-3H3;2*1H. The lowest BCUT2D eigenvalue weighted by atomic mass is 9.79. The number of anilines is 1. The van der Waals surface area contributed by atoms with Gasteiger partial charge in [0, 0.05) is 43.8 Å². The van der Waals surface area contributed by atoms with Crippen LogP contribution in [0.4, 0.5) is 5.69 Å². The van der Waals surface area contributed by atoms with Gasteiger partial charge in [-0.3, -0.25) is 4.79 Å². The molecule has 6 nitrogen and oxygen atoms in total. The monoisotopic (exact) mass is 472 g/mol. The molecule has 2 N–H and O–H groups in total. The van der Waals surface area contributed by atoms with Crippen LogP contribution in [0.5, 0.6) is 5.75 Å². The Balaban J connectivity index is 0.00000171. The summed E-state index contributed by atoms with van der Waals surface area (Å²) >= 11 is 0. The van der Waals surface area contributed by atoms with Crippen LogP contribution in [0.2, 0.25) is 0 Å². The number of hydrogen-bond donors (Lipinski definition) is 2. The number of carbonyl (C=O) groups is 1. The second kappa shape index (κ2) is 10.6. The van der Waals surface area contributed by atoms with Gasteiger partial charge in [0.1, 0.15) is 11.3 Å². The molecule has 2 atom stereocenters. The smallest absolute Gasteiger partial charge is 0.248 e. The molecular formula is C23H38Cl2N4O2. The number of halogens is 2. The SMILES string of the molecule is COc1ccc(NC2(C(=O)N3CC4CNCC4(CN(C)C)C3)CCCCC2)cc1.Cl.Cl. The number of hydrogen-bond acceptors (Lipinski definition) is 5. The zero-order valence-electron chi connectivity index (χ0n) is 19.0. The number of methoxy groups -OCH3 is 1. The summed E-state index contributed by atoms with van der Waals surface area (Å²) in [4.78, 5) is 18.4. The number of likely N-dealkylation sites (tertiary alicyclic amines) is 1. The molecule has 3 fully saturated rings. The van der Waals surface area contributed by atoms with Gasteiger partial charge in [0.25, 0.3) is 0 Å². The summed E-state index contributed by atoms with van der Waals surface area (Å²) in [5.74, 6) is 1.70. The Morgan fingerprint density at radius 3 is 2.48 bits per heavy atom. The first kappa shape index (κ1) is 26.0. The van der Waals surface area contributed by atoms with Gasteiger partial charge in [-0.1, -0.05) is 19.3 Å². The number of carbonyl (C=O) groups excluding carboxylic acids is 1. The summed E-state index contributed by atoms with van der Waals surface area (Å²) in [6, 6.07) is 7.97. The maximum Gasteiger partial charge on any atom is 0.248 e. The van der Waals surface area contributed by atoms with Crippen LogP contribution in [0.3, 0.4) is 0 Å². The van der Waals surface area contributed by atoms with Crippen LogP contribution in [0.15, 0.2) is 24.3 Å². The number of nitrogens with one attached hydrogen (secondary N) is 2. The van der Waals surface area contributed by atoms with E-state index >= 15 is 0 Å². The van der Waals surface area contributed by atoms with Gasteiger partial charge in [-0.15, -0.1) is 24.8 Å². The van der Waals surface area contributed by atoms with Crippen LogP contribution in [0, 0.1) is 11.3 Å². The highest BCUT2D eigenvalue weighted by atomic mass is 35.5. The third-order valence-electron chi connectivity index (χ3n) is 7.19. The molecule has 8 heteroatoms. The van der Waals surface area contributed by atoms with Gasteiger partial charge < -0.3 is 25.2 Å². The molecule has 1 aromatic carbocycles. The van der Waals surface area contributed by atoms with Crippen LogP contribution in [-0.2, 0) is 4.79 Å². The molecule has 1 aromatic rings. The number of rotatable bonds is 6. The molecule has 176 valence electrons. The van der Waals surface area contributed by atoms with E-state index in [1.54, 1.807) is 7.11 Å². The highest BCUT2D eigenvalue weighted by Gasteiger charge is 2.53. The Morgan fingerprint density at radius 2 is 1.87 bits per heavy atom. The zero-order chi connectivity index (χ0) is 20.5. The Labute approximate surface area is 199 Å². The van der Waals surface area contributed by atoms with E-state index in [1.165, 1.54) is 6.42 Å². The fourth-order valence-corrected chi connectivity index (χ4v) is 5.83. The zero-order valence-corrected chi connectivity index (χ0v) is 20.6. The Morgan fingerprint density at radius 1 is 1.19 bits per heavy atom. The molecule has 1 saturated carbocycles. The van der Waals surface area contributed by atoms with E-state index in [0.29, 0.717) is 11.8 Å². The van der Waals surface area contributed by atoms with Crippen molar-refractivity contribution in [1.82, 2.24) is 15.1 Å². The number of nitrogens with zero attached hydrogens (tertiary/aromatic N) is 2. The van der Waals surface area contributed by atoms with E-state index in [4.69, 9.17) is 4.74 Å². The van der Waals surface area contributed by atoms with Gasteiger partial charge in [0.15, 0.2) is 0 Å². The average molecular weight is 473 g/mol. The van der Waals surface area contributed by atoms with Crippen LogP contribution in [0.1, 0.15) is 32.1 Å². The molecule has 2 unspecified atom stereocenters. The Bertz CT molecular complexity index is 725. The third kappa shape index (κ3) is 5.24.